The predicted molar refractivity (Wildman–Crippen MR) is 81.6 cm³/mol. The predicted octanol–water partition coefficient (Wildman–Crippen LogP) is 3.37. The van der Waals surface area contributed by atoms with E-state index in [1.165, 1.54) is 18.5 Å². The van der Waals surface area contributed by atoms with Crippen LogP contribution in [0.25, 0.3) is 0 Å². The van der Waals surface area contributed by atoms with E-state index in [1.54, 1.807) is 14.0 Å². The van der Waals surface area contributed by atoms with Crippen molar-refractivity contribution in [1.29, 1.82) is 0 Å². The number of aliphatic hydroxyl groups is 1. The van der Waals surface area contributed by atoms with Crippen LogP contribution in [-0.4, -0.2) is 31.9 Å². The van der Waals surface area contributed by atoms with Gasteiger partial charge in [0.25, 0.3) is 0 Å². The monoisotopic (exact) mass is 327 g/mol. The van der Waals surface area contributed by atoms with Crippen LogP contribution in [0.3, 0.4) is 0 Å². The molecule has 19 heavy (non-hydrogen) atoms. The Morgan fingerprint density at radius 2 is 2.11 bits per heavy atom. The third kappa shape index (κ3) is 3.71. The van der Waals surface area contributed by atoms with Crippen molar-refractivity contribution < 1.29 is 9.84 Å². The highest BCUT2D eigenvalue weighted by atomic mass is 79.9. The van der Waals surface area contributed by atoms with Crippen molar-refractivity contribution in [2.24, 2.45) is 5.92 Å². The van der Waals surface area contributed by atoms with Gasteiger partial charge in [-0.15, -0.1) is 0 Å². The van der Waals surface area contributed by atoms with Gasteiger partial charge in [0.15, 0.2) is 0 Å². The van der Waals surface area contributed by atoms with Gasteiger partial charge in [0.05, 0.1) is 11.8 Å². The average Bonchev–Trinajstić information content (AvgIpc) is 2.40. The maximum atomic E-state index is 9.59. The van der Waals surface area contributed by atoms with Gasteiger partial charge in [-0.2, -0.15) is 0 Å². The summed E-state index contributed by atoms with van der Waals surface area (Å²) < 4.78 is 6.30. The van der Waals surface area contributed by atoms with Crippen LogP contribution in [0.2, 0.25) is 0 Å². The third-order valence-electron chi connectivity index (χ3n) is 3.81. The molecule has 0 aromatic heterocycles. The first kappa shape index (κ1) is 14.8. The number of hydrogen-bond donors (Lipinski definition) is 1. The molecule has 1 aromatic carbocycles. The fraction of sp³-hybridized carbons (Fsp3) is 0.600. The summed E-state index contributed by atoms with van der Waals surface area (Å²) in [6, 6.07) is 6.12. The lowest BCUT2D eigenvalue weighted by Gasteiger charge is -2.34. The van der Waals surface area contributed by atoms with Crippen molar-refractivity contribution in [3.63, 3.8) is 0 Å². The number of piperidine rings is 1. The quantitative estimate of drug-likeness (QED) is 0.920. The van der Waals surface area contributed by atoms with E-state index in [1.807, 2.05) is 12.1 Å². The SMILES string of the molecule is COCC1CCN(c2ccc([C@@H](C)O)cc2Br)CC1. The molecular formula is C15H22BrNO2. The van der Waals surface area contributed by atoms with Crippen LogP contribution in [0.5, 0.6) is 0 Å². The number of ether oxygens (including phenoxy) is 1. The van der Waals surface area contributed by atoms with Gasteiger partial charge >= 0.3 is 0 Å². The van der Waals surface area contributed by atoms with E-state index in [4.69, 9.17) is 4.74 Å². The number of anilines is 1. The van der Waals surface area contributed by atoms with Gasteiger partial charge in [-0.3, -0.25) is 0 Å². The van der Waals surface area contributed by atoms with E-state index in [0.717, 1.165) is 29.7 Å². The van der Waals surface area contributed by atoms with Crippen molar-refractivity contribution in [1.82, 2.24) is 0 Å². The van der Waals surface area contributed by atoms with Crippen LogP contribution in [0.4, 0.5) is 5.69 Å². The van der Waals surface area contributed by atoms with Gasteiger partial charge in [0.2, 0.25) is 0 Å². The molecule has 1 saturated heterocycles. The van der Waals surface area contributed by atoms with E-state index in [2.05, 4.69) is 26.9 Å². The zero-order chi connectivity index (χ0) is 13.8. The Bertz CT molecular complexity index is 415. The fourth-order valence-electron chi connectivity index (χ4n) is 2.62. The lowest BCUT2D eigenvalue weighted by Crippen LogP contribution is -2.35. The summed E-state index contributed by atoms with van der Waals surface area (Å²) >= 11 is 3.62. The summed E-state index contributed by atoms with van der Waals surface area (Å²) in [4.78, 5) is 2.40. The van der Waals surface area contributed by atoms with Crippen LogP contribution < -0.4 is 4.90 Å². The summed E-state index contributed by atoms with van der Waals surface area (Å²) in [7, 11) is 1.78. The van der Waals surface area contributed by atoms with E-state index in [9.17, 15) is 5.11 Å². The first-order chi connectivity index (χ1) is 9.11. The zero-order valence-electron chi connectivity index (χ0n) is 11.6. The number of rotatable bonds is 4. The molecule has 0 aliphatic carbocycles. The Balaban J connectivity index is 2.03. The maximum absolute atomic E-state index is 9.59. The van der Waals surface area contributed by atoms with Crippen LogP contribution >= 0.6 is 15.9 Å². The molecule has 1 atom stereocenters. The van der Waals surface area contributed by atoms with Crippen LogP contribution in [0, 0.1) is 5.92 Å². The number of nitrogens with zero attached hydrogens (tertiary/aromatic N) is 1. The Hall–Kier alpha value is -0.580. The minimum Gasteiger partial charge on any atom is -0.389 e. The molecule has 4 heteroatoms. The normalized spacial score (nSPS) is 18.6. The molecule has 106 valence electrons. The van der Waals surface area contributed by atoms with Gasteiger partial charge in [0, 0.05) is 31.3 Å². The summed E-state index contributed by atoms with van der Waals surface area (Å²) in [5, 5.41) is 9.59. The zero-order valence-corrected chi connectivity index (χ0v) is 13.2. The van der Waals surface area contributed by atoms with Gasteiger partial charge in [0.1, 0.15) is 0 Å². The fourth-order valence-corrected chi connectivity index (χ4v) is 3.26. The van der Waals surface area contributed by atoms with Crippen molar-refractivity contribution in [2.75, 3.05) is 31.7 Å². The molecule has 1 aromatic rings. The van der Waals surface area contributed by atoms with Gasteiger partial charge in [-0.05, 0) is 59.3 Å². The van der Waals surface area contributed by atoms with Crippen molar-refractivity contribution in [3.8, 4) is 0 Å². The summed E-state index contributed by atoms with van der Waals surface area (Å²) in [5.74, 6) is 0.691. The second-order valence-electron chi connectivity index (χ2n) is 5.27. The molecule has 1 aliphatic rings. The molecular weight excluding hydrogens is 306 g/mol. The maximum Gasteiger partial charge on any atom is 0.0762 e. The molecule has 1 fully saturated rings. The Morgan fingerprint density at radius 1 is 1.42 bits per heavy atom. The molecule has 0 radical (unpaired) electrons. The lowest BCUT2D eigenvalue weighted by atomic mass is 9.97. The summed E-state index contributed by atoms with van der Waals surface area (Å²) in [6.07, 6.45) is 1.94. The topological polar surface area (TPSA) is 32.7 Å². The van der Waals surface area contributed by atoms with Crippen molar-refractivity contribution in [3.05, 3.63) is 28.2 Å². The molecule has 0 unspecified atom stereocenters. The molecule has 0 spiro atoms. The van der Waals surface area contributed by atoms with Gasteiger partial charge < -0.3 is 14.7 Å². The Labute approximate surface area is 123 Å². The summed E-state index contributed by atoms with van der Waals surface area (Å²) in [6.45, 7) is 4.80. The molecule has 0 amide bonds. The Kier molecular flexibility index (Phi) is 5.25. The van der Waals surface area contributed by atoms with E-state index in [-0.39, 0.29) is 0 Å². The van der Waals surface area contributed by atoms with Gasteiger partial charge in [-0.1, -0.05) is 6.07 Å². The number of benzene rings is 1. The number of hydrogen-bond acceptors (Lipinski definition) is 3. The molecule has 1 N–H and O–H groups in total. The Morgan fingerprint density at radius 3 is 2.63 bits per heavy atom. The number of halogens is 1. The molecule has 3 nitrogen and oxygen atoms in total. The standard InChI is InChI=1S/C15H22BrNO2/c1-11(18)13-3-4-15(14(16)9-13)17-7-5-12(6-8-17)10-19-2/h3-4,9,11-12,18H,5-8,10H2,1-2H3/t11-/m1/s1. The highest BCUT2D eigenvalue weighted by Gasteiger charge is 2.20. The van der Waals surface area contributed by atoms with Crippen molar-refractivity contribution in [2.45, 2.75) is 25.9 Å². The van der Waals surface area contributed by atoms with E-state index >= 15 is 0 Å². The first-order valence-corrected chi connectivity index (χ1v) is 7.62. The first-order valence-electron chi connectivity index (χ1n) is 6.83. The molecule has 1 aliphatic heterocycles. The van der Waals surface area contributed by atoms with Crippen LogP contribution in [-0.2, 0) is 4.74 Å². The van der Waals surface area contributed by atoms with E-state index in [0.29, 0.717) is 5.92 Å². The van der Waals surface area contributed by atoms with Crippen LogP contribution in [0.1, 0.15) is 31.4 Å². The highest BCUT2D eigenvalue weighted by Crippen LogP contribution is 2.32. The van der Waals surface area contributed by atoms with E-state index < -0.39 is 6.10 Å². The minimum absolute atomic E-state index is 0.419. The number of methoxy groups -OCH3 is 1. The highest BCUT2D eigenvalue weighted by molar-refractivity contribution is 9.10. The minimum atomic E-state index is -0.419. The van der Waals surface area contributed by atoms with Crippen LogP contribution in [0.15, 0.2) is 22.7 Å². The van der Waals surface area contributed by atoms with Crippen molar-refractivity contribution >= 4 is 21.6 Å². The largest absolute Gasteiger partial charge is 0.389 e. The molecule has 2 rings (SSSR count). The third-order valence-corrected chi connectivity index (χ3v) is 4.45. The molecule has 0 bridgehead atoms. The molecule has 0 saturated carbocycles. The summed E-state index contributed by atoms with van der Waals surface area (Å²) in [5.41, 5.74) is 2.17. The smallest absolute Gasteiger partial charge is 0.0762 e. The molecule has 1 heterocycles. The second kappa shape index (κ2) is 6.73. The van der Waals surface area contributed by atoms with Gasteiger partial charge in [-0.25, -0.2) is 0 Å². The second-order valence-corrected chi connectivity index (χ2v) is 6.13. The number of aliphatic hydroxyl groups excluding tert-OH is 1. The lowest BCUT2D eigenvalue weighted by molar-refractivity contribution is 0.139. The average molecular weight is 328 g/mol.